The van der Waals surface area contributed by atoms with Crippen LogP contribution in [0, 0.1) is 13.8 Å². The van der Waals surface area contributed by atoms with Crippen LogP contribution in [0.4, 0.5) is 17.1 Å². The molecule has 0 spiro atoms. The molecular weight excluding hydrogens is 474 g/mol. The zero-order valence-electron chi connectivity index (χ0n) is 22.6. The highest BCUT2D eigenvalue weighted by molar-refractivity contribution is 5.82. The predicted molar refractivity (Wildman–Crippen MR) is 154 cm³/mol. The first-order valence-electron chi connectivity index (χ1n) is 13.0. The van der Waals surface area contributed by atoms with Gasteiger partial charge in [0.2, 0.25) is 0 Å². The third kappa shape index (κ3) is 8.48. The lowest BCUT2D eigenvalue weighted by Crippen LogP contribution is -2.10. The van der Waals surface area contributed by atoms with E-state index in [0.717, 1.165) is 42.7 Å². The smallest absolute Gasteiger partial charge is 0.330 e. The standard InChI is InChI=1S/C33H37NO4/c1-5-9-33(36)38-23-8-11-28-15-20-30(21-16-28)34(31-17-12-25(3)26(4)24-31)29-18-13-27(14-19-29)10-7-22-37-32(35)6-2/h5-6,9,12-21,24H,2,7-8,10-11,22-23H2,1,3-4H3/b9-5+. The van der Waals surface area contributed by atoms with E-state index in [-0.39, 0.29) is 11.9 Å². The first-order valence-corrected chi connectivity index (χ1v) is 13.0. The summed E-state index contributed by atoms with van der Waals surface area (Å²) in [6.07, 6.45) is 7.50. The Labute approximate surface area is 226 Å². The molecule has 5 nitrogen and oxygen atoms in total. The van der Waals surface area contributed by atoms with Gasteiger partial charge < -0.3 is 14.4 Å². The fourth-order valence-electron chi connectivity index (χ4n) is 4.08. The summed E-state index contributed by atoms with van der Waals surface area (Å²) >= 11 is 0. The van der Waals surface area contributed by atoms with Gasteiger partial charge in [-0.3, -0.25) is 0 Å². The fraction of sp³-hybridized carbons (Fsp3) is 0.273. The highest BCUT2D eigenvalue weighted by atomic mass is 16.5. The molecule has 0 amide bonds. The molecule has 198 valence electrons. The van der Waals surface area contributed by atoms with Gasteiger partial charge in [0.05, 0.1) is 13.2 Å². The lowest BCUT2D eigenvalue weighted by molar-refractivity contribution is -0.138. The number of rotatable bonds is 13. The van der Waals surface area contributed by atoms with Crippen molar-refractivity contribution in [3.05, 3.63) is 114 Å². The Morgan fingerprint density at radius 3 is 1.71 bits per heavy atom. The van der Waals surface area contributed by atoms with Gasteiger partial charge in [0, 0.05) is 29.2 Å². The number of esters is 2. The van der Waals surface area contributed by atoms with E-state index < -0.39 is 0 Å². The van der Waals surface area contributed by atoms with Gasteiger partial charge in [0.15, 0.2) is 0 Å². The van der Waals surface area contributed by atoms with E-state index in [1.807, 2.05) is 0 Å². The summed E-state index contributed by atoms with van der Waals surface area (Å²) < 4.78 is 10.3. The fourth-order valence-corrected chi connectivity index (χ4v) is 4.08. The van der Waals surface area contributed by atoms with E-state index >= 15 is 0 Å². The molecule has 38 heavy (non-hydrogen) atoms. The molecule has 3 aromatic rings. The summed E-state index contributed by atoms with van der Waals surface area (Å²) in [5, 5.41) is 0. The van der Waals surface area contributed by atoms with Crippen molar-refractivity contribution >= 4 is 29.0 Å². The number of anilines is 3. The third-order valence-electron chi connectivity index (χ3n) is 6.32. The zero-order valence-corrected chi connectivity index (χ0v) is 22.6. The largest absolute Gasteiger partial charge is 0.463 e. The second-order valence-electron chi connectivity index (χ2n) is 9.18. The van der Waals surface area contributed by atoms with Crippen molar-refractivity contribution in [2.45, 2.75) is 46.5 Å². The van der Waals surface area contributed by atoms with Gasteiger partial charge in [-0.05, 0) is 105 Å². The number of hydrogen-bond donors (Lipinski definition) is 0. The van der Waals surface area contributed by atoms with Crippen LogP contribution in [0.2, 0.25) is 0 Å². The number of aryl methyl sites for hydroxylation is 4. The minimum Gasteiger partial charge on any atom is -0.463 e. The average molecular weight is 512 g/mol. The van der Waals surface area contributed by atoms with Crippen molar-refractivity contribution in [1.29, 1.82) is 0 Å². The van der Waals surface area contributed by atoms with Crippen molar-refractivity contribution in [3.8, 4) is 0 Å². The molecule has 0 aliphatic carbocycles. The van der Waals surface area contributed by atoms with E-state index in [9.17, 15) is 9.59 Å². The molecular formula is C33H37NO4. The van der Waals surface area contributed by atoms with E-state index in [1.54, 1.807) is 13.0 Å². The van der Waals surface area contributed by atoms with Crippen LogP contribution in [-0.4, -0.2) is 25.2 Å². The number of benzene rings is 3. The normalized spacial score (nSPS) is 10.8. The Bertz CT molecular complexity index is 1240. The first-order chi connectivity index (χ1) is 18.4. The maximum absolute atomic E-state index is 11.5. The lowest BCUT2D eigenvalue weighted by Gasteiger charge is -2.26. The minimum atomic E-state index is -0.386. The van der Waals surface area contributed by atoms with E-state index in [0.29, 0.717) is 13.2 Å². The highest BCUT2D eigenvalue weighted by Crippen LogP contribution is 2.35. The number of nitrogens with zero attached hydrogens (tertiary/aromatic N) is 1. The lowest BCUT2D eigenvalue weighted by atomic mass is 10.1. The molecule has 0 bridgehead atoms. The second-order valence-corrected chi connectivity index (χ2v) is 9.18. The molecule has 3 rings (SSSR count). The molecule has 0 aromatic heterocycles. The molecule has 0 heterocycles. The van der Waals surface area contributed by atoms with Gasteiger partial charge >= 0.3 is 11.9 Å². The Hall–Kier alpha value is -4.12. The third-order valence-corrected chi connectivity index (χ3v) is 6.32. The van der Waals surface area contributed by atoms with Gasteiger partial charge in [-0.2, -0.15) is 0 Å². The van der Waals surface area contributed by atoms with Crippen molar-refractivity contribution in [3.63, 3.8) is 0 Å². The number of hydrogen-bond acceptors (Lipinski definition) is 5. The molecule has 0 unspecified atom stereocenters. The van der Waals surface area contributed by atoms with Crippen molar-refractivity contribution < 1.29 is 19.1 Å². The van der Waals surface area contributed by atoms with Crippen molar-refractivity contribution in [2.75, 3.05) is 18.1 Å². The second kappa shape index (κ2) is 14.6. The molecule has 0 fully saturated rings. The SMILES string of the molecule is C=CC(=O)OCCCc1ccc(N(c2ccc(CCCOC(=O)/C=C/C)cc2)c2ccc(C)c(C)c2)cc1. The van der Waals surface area contributed by atoms with Crippen LogP contribution in [0.3, 0.4) is 0 Å². The maximum Gasteiger partial charge on any atom is 0.330 e. The van der Waals surface area contributed by atoms with E-state index in [2.05, 4.69) is 92.1 Å². The maximum atomic E-state index is 11.5. The zero-order chi connectivity index (χ0) is 27.3. The van der Waals surface area contributed by atoms with Crippen LogP contribution in [-0.2, 0) is 31.9 Å². The van der Waals surface area contributed by atoms with Crippen LogP contribution in [0.5, 0.6) is 0 Å². The Morgan fingerprint density at radius 1 is 0.737 bits per heavy atom. The molecule has 0 aliphatic rings. The highest BCUT2D eigenvalue weighted by Gasteiger charge is 2.13. The summed E-state index contributed by atoms with van der Waals surface area (Å²) in [4.78, 5) is 25.0. The van der Waals surface area contributed by atoms with Gasteiger partial charge in [-0.25, -0.2) is 9.59 Å². The van der Waals surface area contributed by atoms with Gasteiger partial charge in [0.1, 0.15) is 0 Å². The van der Waals surface area contributed by atoms with Crippen molar-refractivity contribution in [2.24, 2.45) is 0 Å². The molecule has 5 heteroatoms. The summed E-state index contributed by atoms with van der Waals surface area (Å²) in [6, 6.07) is 23.6. The molecule has 0 aliphatic heterocycles. The van der Waals surface area contributed by atoms with Crippen LogP contribution in [0.1, 0.15) is 42.0 Å². The number of carbonyl (C=O) groups excluding carboxylic acids is 2. The van der Waals surface area contributed by atoms with Crippen LogP contribution >= 0.6 is 0 Å². The summed E-state index contributed by atoms with van der Waals surface area (Å²) in [5.74, 6) is -0.683. The summed E-state index contributed by atoms with van der Waals surface area (Å²) in [7, 11) is 0. The first kappa shape index (κ1) is 28.5. The molecule has 0 atom stereocenters. The van der Waals surface area contributed by atoms with E-state index in [4.69, 9.17) is 9.47 Å². The Balaban J connectivity index is 1.73. The van der Waals surface area contributed by atoms with Crippen molar-refractivity contribution in [1.82, 2.24) is 0 Å². The van der Waals surface area contributed by atoms with Gasteiger partial charge in [-0.15, -0.1) is 0 Å². The Morgan fingerprint density at radius 2 is 1.24 bits per heavy atom. The number of allylic oxidation sites excluding steroid dienone is 1. The quantitative estimate of drug-likeness (QED) is 0.135. The molecule has 0 N–H and O–H groups in total. The summed E-state index contributed by atoms with van der Waals surface area (Å²) in [5.41, 5.74) is 8.12. The topological polar surface area (TPSA) is 55.8 Å². The number of ether oxygens (including phenoxy) is 2. The monoisotopic (exact) mass is 511 g/mol. The molecule has 3 aromatic carbocycles. The Kier molecular flexibility index (Phi) is 10.9. The van der Waals surface area contributed by atoms with Gasteiger partial charge in [-0.1, -0.05) is 43.0 Å². The van der Waals surface area contributed by atoms with E-state index in [1.165, 1.54) is 34.4 Å². The van der Waals surface area contributed by atoms with Crippen LogP contribution in [0.15, 0.2) is 91.5 Å². The molecule has 0 saturated carbocycles. The van der Waals surface area contributed by atoms with Crippen LogP contribution < -0.4 is 4.90 Å². The molecule has 0 radical (unpaired) electrons. The predicted octanol–water partition coefficient (Wildman–Crippen LogP) is 7.49. The van der Waals surface area contributed by atoms with Gasteiger partial charge in [0.25, 0.3) is 0 Å². The van der Waals surface area contributed by atoms with Crippen LogP contribution in [0.25, 0.3) is 0 Å². The molecule has 0 saturated heterocycles. The number of carbonyl (C=O) groups is 2. The summed E-state index contributed by atoms with van der Waals surface area (Å²) in [6.45, 7) is 10.3. The minimum absolute atomic E-state index is 0.297. The average Bonchev–Trinajstić information content (AvgIpc) is 2.93.